The number of fused-ring (bicyclic) bond motifs is 3. The van der Waals surface area contributed by atoms with Crippen LogP contribution < -0.4 is 4.87 Å². The van der Waals surface area contributed by atoms with Crippen molar-refractivity contribution in [1.29, 1.82) is 0 Å². The molecular formula is C18H22N2O5S2. The van der Waals surface area contributed by atoms with E-state index in [0.717, 1.165) is 17.8 Å². The number of nitrogens with one attached hydrogen (secondary N) is 1. The number of hydrogen-bond acceptors (Lipinski definition) is 6. The van der Waals surface area contributed by atoms with Gasteiger partial charge in [-0.05, 0) is 50.8 Å². The van der Waals surface area contributed by atoms with Gasteiger partial charge in [0.05, 0.1) is 27.1 Å². The Hall–Kier alpha value is -1.71. The van der Waals surface area contributed by atoms with Crippen LogP contribution in [0, 0.1) is 5.41 Å². The summed E-state index contributed by atoms with van der Waals surface area (Å²) in [6.07, 6.45) is 2.48. The molecule has 0 spiro atoms. The summed E-state index contributed by atoms with van der Waals surface area (Å²) < 4.78 is 34.3. The van der Waals surface area contributed by atoms with Crippen molar-refractivity contribution in [2.75, 3.05) is 6.61 Å². The third-order valence-corrected chi connectivity index (χ3v) is 8.76. The van der Waals surface area contributed by atoms with Crippen molar-refractivity contribution in [1.82, 2.24) is 9.29 Å². The number of benzene rings is 1. The van der Waals surface area contributed by atoms with Gasteiger partial charge in [0.1, 0.15) is 0 Å². The second-order valence-electron chi connectivity index (χ2n) is 7.19. The van der Waals surface area contributed by atoms with Crippen LogP contribution in [-0.2, 0) is 19.6 Å². The number of rotatable bonds is 5. The summed E-state index contributed by atoms with van der Waals surface area (Å²) in [5.74, 6) is -0.292. The average molecular weight is 411 g/mol. The number of ether oxygens (including phenoxy) is 1. The number of H-pyrrole nitrogens is 1. The van der Waals surface area contributed by atoms with E-state index >= 15 is 0 Å². The highest BCUT2D eigenvalue weighted by atomic mass is 32.2. The SMILES string of the molecule is CCOC(=O)[C@]1(CC)C[C@@H]2CC[C@H]1N2S(=O)(=O)c1ccc2[nH]c(=O)sc2c1. The molecule has 0 amide bonds. The molecule has 27 heavy (non-hydrogen) atoms. The lowest BCUT2D eigenvalue weighted by Gasteiger charge is -2.34. The number of hydrogen-bond donors (Lipinski definition) is 1. The Morgan fingerprint density at radius 3 is 2.85 bits per heavy atom. The first-order valence-corrected chi connectivity index (χ1v) is 11.4. The minimum atomic E-state index is -3.77. The van der Waals surface area contributed by atoms with Crippen molar-refractivity contribution in [3.8, 4) is 0 Å². The van der Waals surface area contributed by atoms with Gasteiger partial charge in [0.2, 0.25) is 10.0 Å². The lowest BCUT2D eigenvalue weighted by atomic mass is 9.72. The molecule has 2 aromatic rings. The molecule has 1 N–H and O–H groups in total. The quantitative estimate of drug-likeness (QED) is 0.764. The molecule has 2 aliphatic heterocycles. The Bertz CT molecular complexity index is 1060. The molecule has 3 heterocycles. The van der Waals surface area contributed by atoms with Crippen LogP contribution in [0.15, 0.2) is 27.9 Å². The smallest absolute Gasteiger partial charge is 0.313 e. The van der Waals surface area contributed by atoms with Crippen molar-refractivity contribution in [3.63, 3.8) is 0 Å². The fourth-order valence-electron chi connectivity index (χ4n) is 4.72. The lowest BCUT2D eigenvalue weighted by Crippen LogP contribution is -2.45. The van der Waals surface area contributed by atoms with Gasteiger partial charge in [0.15, 0.2) is 0 Å². The number of nitrogens with zero attached hydrogens (tertiary/aromatic N) is 1. The highest BCUT2D eigenvalue weighted by molar-refractivity contribution is 7.89. The third kappa shape index (κ3) is 2.67. The summed E-state index contributed by atoms with van der Waals surface area (Å²) in [7, 11) is -3.77. The summed E-state index contributed by atoms with van der Waals surface area (Å²) in [5, 5.41) is 0. The minimum absolute atomic E-state index is 0.165. The van der Waals surface area contributed by atoms with Gasteiger partial charge < -0.3 is 9.72 Å². The van der Waals surface area contributed by atoms with Crippen LogP contribution >= 0.6 is 11.3 Å². The van der Waals surface area contributed by atoms with Gasteiger partial charge in [0, 0.05) is 12.1 Å². The van der Waals surface area contributed by atoms with E-state index in [-0.39, 0.29) is 34.4 Å². The van der Waals surface area contributed by atoms with Crippen LogP contribution in [0.5, 0.6) is 0 Å². The van der Waals surface area contributed by atoms with Crippen LogP contribution in [0.2, 0.25) is 0 Å². The Morgan fingerprint density at radius 2 is 2.15 bits per heavy atom. The molecule has 7 nitrogen and oxygen atoms in total. The first kappa shape index (κ1) is 18.6. The number of esters is 1. The standard InChI is InChI=1S/C18H22N2O5S2/c1-3-18(16(21)25-4-2)10-11-5-8-15(18)20(11)27(23,24)12-6-7-13-14(9-12)26-17(22)19-13/h6-7,9,11,15H,3-5,8,10H2,1-2H3,(H,19,22)/t11-,15+,18+/m0/s1. The molecule has 3 atom stereocenters. The molecule has 2 aliphatic rings. The van der Waals surface area contributed by atoms with Crippen molar-refractivity contribution in [2.45, 2.75) is 56.5 Å². The molecule has 2 saturated heterocycles. The molecule has 9 heteroatoms. The summed E-state index contributed by atoms with van der Waals surface area (Å²) in [6, 6.07) is 4.12. The Kier molecular flexibility index (Phi) is 4.44. The fraction of sp³-hybridized carbons (Fsp3) is 0.556. The van der Waals surface area contributed by atoms with E-state index in [1.165, 1.54) is 10.4 Å². The third-order valence-electron chi connectivity index (χ3n) is 5.96. The monoisotopic (exact) mass is 410 g/mol. The Morgan fingerprint density at radius 1 is 1.37 bits per heavy atom. The zero-order valence-corrected chi connectivity index (χ0v) is 16.9. The van der Waals surface area contributed by atoms with Crippen LogP contribution in [0.4, 0.5) is 0 Å². The molecule has 0 aliphatic carbocycles. The van der Waals surface area contributed by atoms with Crippen molar-refractivity contribution in [2.24, 2.45) is 5.41 Å². The van der Waals surface area contributed by atoms with E-state index in [2.05, 4.69) is 4.98 Å². The number of thiazole rings is 1. The normalized spacial score (nSPS) is 28.1. The zero-order valence-electron chi connectivity index (χ0n) is 15.2. The first-order chi connectivity index (χ1) is 12.8. The number of carbonyl (C=O) groups is 1. The number of carbonyl (C=O) groups excluding carboxylic acids is 1. The second-order valence-corrected chi connectivity index (χ2v) is 10.0. The molecule has 2 fully saturated rings. The van der Waals surface area contributed by atoms with E-state index in [1.807, 2.05) is 6.92 Å². The van der Waals surface area contributed by atoms with Crippen LogP contribution in [0.3, 0.4) is 0 Å². The molecular weight excluding hydrogens is 388 g/mol. The van der Waals surface area contributed by atoms with Crippen molar-refractivity contribution >= 4 is 37.5 Å². The average Bonchev–Trinajstić information content (AvgIpc) is 3.31. The Labute approximate surface area is 161 Å². The maximum absolute atomic E-state index is 13.4. The van der Waals surface area contributed by atoms with E-state index < -0.39 is 15.4 Å². The maximum atomic E-state index is 13.4. The minimum Gasteiger partial charge on any atom is -0.466 e. The van der Waals surface area contributed by atoms with Crippen LogP contribution in [0.1, 0.15) is 39.5 Å². The number of sulfonamides is 1. The number of aromatic amines is 1. The van der Waals surface area contributed by atoms with E-state index in [4.69, 9.17) is 4.74 Å². The molecule has 146 valence electrons. The Balaban J connectivity index is 1.75. The van der Waals surface area contributed by atoms with Crippen LogP contribution in [0.25, 0.3) is 10.2 Å². The van der Waals surface area contributed by atoms with E-state index in [0.29, 0.717) is 29.5 Å². The van der Waals surface area contributed by atoms with Gasteiger partial charge in [-0.1, -0.05) is 18.3 Å². The fourth-order valence-corrected chi connectivity index (χ4v) is 7.53. The molecule has 4 rings (SSSR count). The predicted molar refractivity (Wildman–Crippen MR) is 102 cm³/mol. The maximum Gasteiger partial charge on any atom is 0.313 e. The lowest BCUT2D eigenvalue weighted by molar-refractivity contribution is -0.157. The molecule has 0 unspecified atom stereocenters. The zero-order chi connectivity index (χ0) is 19.4. The van der Waals surface area contributed by atoms with Gasteiger partial charge in [-0.2, -0.15) is 4.31 Å². The molecule has 1 aromatic carbocycles. The summed E-state index contributed by atoms with van der Waals surface area (Å²) in [6.45, 7) is 3.97. The predicted octanol–water partition coefficient (Wildman–Crippen LogP) is 2.47. The second kappa shape index (κ2) is 6.42. The first-order valence-electron chi connectivity index (χ1n) is 9.17. The van der Waals surface area contributed by atoms with Gasteiger partial charge in [0.25, 0.3) is 0 Å². The van der Waals surface area contributed by atoms with E-state index in [1.54, 1.807) is 19.1 Å². The highest BCUT2D eigenvalue weighted by Gasteiger charge is 2.63. The van der Waals surface area contributed by atoms with Crippen molar-refractivity contribution in [3.05, 3.63) is 27.9 Å². The van der Waals surface area contributed by atoms with Gasteiger partial charge in [-0.3, -0.25) is 9.59 Å². The van der Waals surface area contributed by atoms with Crippen molar-refractivity contribution < 1.29 is 17.9 Å². The molecule has 2 bridgehead atoms. The number of aromatic nitrogens is 1. The molecule has 0 saturated carbocycles. The summed E-state index contributed by atoms with van der Waals surface area (Å²) in [4.78, 5) is 26.9. The topological polar surface area (TPSA) is 96.5 Å². The summed E-state index contributed by atoms with van der Waals surface area (Å²) >= 11 is 0.990. The van der Waals surface area contributed by atoms with Gasteiger partial charge in [-0.15, -0.1) is 0 Å². The molecule has 0 radical (unpaired) electrons. The molecule has 1 aromatic heterocycles. The summed E-state index contributed by atoms with van der Waals surface area (Å²) in [5.41, 5.74) is -0.141. The van der Waals surface area contributed by atoms with Gasteiger partial charge >= 0.3 is 10.8 Å². The van der Waals surface area contributed by atoms with Gasteiger partial charge in [-0.25, -0.2) is 8.42 Å². The highest BCUT2D eigenvalue weighted by Crippen LogP contribution is 2.54. The largest absolute Gasteiger partial charge is 0.466 e. The van der Waals surface area contributed by atoms with Crippen LogP contribution in [-0.4, -0.2) is 42.4 Å². The van der Waals surface area contributed by atoms with E-state index in [9.17, 15) is 18.0 Å².